The van der Waals surface area contributed by atoms with Gasteiger partial charge in [0.1, 0.15) is 0 Å². The number of benzene rings is 1. The molecule has 1 aliphatic heterocycles. The van der Waals surface area contributed by atoms with E-state index in [1.165, 1.54) is 11.3 Å². The first kappa shape index (κ1) is 11.9. The Hall–Kier alpha value is -2.13. The van der Waals surface area contributed by atoms with Crippen LogP contribution in [0.5, 0.6) is 0 Å². The molecule has 0 bridgehead atoms. The highest BCUT2D eigenvalue weighted by Gasteiger charge is 2.22. The molecule has 19 heavy (non-hydrogen) atoms. The number of rotatable bonds is 2. The van der Waals surface area contributed by atoms with E-state index >= 15 is 0 Å². The van der Waals surface area contributed by atoms with E-state index in [4.69, 9.17) is 0 Å². The Kier molecular flexibility index (Phi) is 2.84. The molecule has 94 valence electrons. The van der Waals surface area contributed by atoms with Crippen molar-refractivity contribution in [3.05, 3.63) is 70.1 Å². The average Bonchev–Trinajstić information content (AvgIpc) is 2.88. The molecule has 1 aliphatic rings. The van der Waals surface area contributed by atoms with Crippen LogP contribution in [0.25, 0.3) is 11.3 Å². The minimum Gasteiger partial charge on any atom is -0.350 e. The second-order valence-electron chi connectivity index (χ2n) is 4.48. The molecule has 0 N–H and O–H groups in total. The van der Waals surface area contributed by atoms with E-state index in [2.05, 4.69) is 24.9 Å². The van der Waals surface area contributed by atoms with Crippen LogP contribution in [0.1, 0.15) is 25.7 Å². The molecule has 0 fully saturated rings. The van der Waals surface area contributed by atoms with Gasteiger partial charge in [-0.1, -0.05) is 36.9 Å². The summed E-state index contributed by atoms with van der Waals surface area (Å²) in [5.41, 5.74) is 4.28. The Bertz CT molecular complexity index is 682. The molecule has 0 saturated heterocycles. The van der Waals surface area contributed by atoms with Gasteiger partial charge in [-0.2, -0.15) is 0 Å². The average molecular weight is 267 g/mol. The van der Waals surface area contributed by atoms with Crippen LogP contribution in [-0.4, -0.2) is 18.2 Å². The number of carbonyl (C=O) groups is 1. The predicted octanol–water partition coefficient (Wildman–Crippen LogP) is 3.87. The van der Waals surface area contributed by atoms with E-state index in [-0.39, 0.29) is 0 Å². The second kappa shape index (κ2) is 4.52. The van der Waals surface area contributed by atoms with Crippen LogP contribution in [0.15, 0.2) is 49.2 Å². The Labute approximate surface area is 116 Å². The molecule has 0 aliphatic carbocycles. The van der Waals surface area contributed by atoms with Crippen molar-refractivity contribution < 1.29 is 4.79 Å². The first-order valence-electron chi connectivity index (χ1n) is 5.99. The third kappa shape index (κ3) is 1.92. The number of aldehydes is 1. The molecule has 0 radical (unpaired) electrons. The number of thiophene rings is 1. The molecule has 2 nitrogen and oxygen atoms in total. The van der Waals surface area contributed by atoms with Crippen LogP contribution in [0.4, 0.5) is 0 Å². The van der Waals surface area contributed by atoms with Crippen LogP contribution < -0.4 is 0 Å². The Morgan fingerprint density at radius 2 is 2.00 bits per heavy atom. The summed E-state index contributed by atoms with van der Waals surface area (Å²) in [5, 5.41) is 0. The number of hydrogen-bond donors (Lipinski definition) is 0. The van der Waals surface area contributed by atoms with Gasteiger partial charge < -0.3 is 4.90 Å². The normalized spacial score (nSPS) is 14.1. The molecule has 2 heterocycles. The summed E-state index contributed by atoms with van der Waals surface area (Å²) in [5.74, 6) is 0. The van der Waals surface area contributed by atoms with Crippen LogP contribution in [-0.2, 0) is 0 Å². The lowest BCUT2D eigenvalue weighted by molar-refractivity contribution is 0.112. The van der Waals surface area contributed by atoms with Crippen molar-refractivity contribution in [2.75, 3.05) is 7.05 Å². The van der Waals surface area contributed by atoms with Crippen LogP contribution in [0.3, 0.4) is 0 Å². The monoisotopic (exact) mass is 267 g/mol. The Morgan fingerprint density at radius 3 is 2.68 bits per heavy atom. The molecule has 1 aromatic carbocycles. The highest BCUT2D eigenvalue weighted by atomic mass is 32.1. The molecule has 2 aromatic rings. The van der Waals surface area contributed by atoms with Crippen molar-refractivity contribution in [1.29, 1.82) is 0 Å². The van der Waals surface area contributed by atoms with E-state index in [1.807, 2.05) is 36.2 Å². The maximum Gasteiger partial charge on any atom is 0.160 e. The van der Waals surface area contributed by atoms with Crippen molar-refractivity contribution in [2.45, 2.75) is 0 Å². The molecule has 0 unspecified atom stereocenters. The SMILES string of the molecule is C=C1c2cc(C=O)sc2C(c2ccccc2)=CN1C. The van der Waals surface area contributed by atoms with Gasteiger partial charge >= 0.3 is 0 Å². The number of nitrogens with zero attached hydrogens (tertiary/aromatic N) is 1. The number of fused-ring (bicyclic) bond motifs is 1. The summed E-state index contributed by atoms with van der Waals surface area (Å²) in [6, 6.07) is 12.1. The van der Waals surface area contributed by atoms with E-state index in [1.54, 1.807) is 0 Å². The van der Waals surface area contributed by atoms with Gasteiger partial charge in [0.2, 0.25) is 0 Å². The fraction of sp³-hybridized carbons (Fsp3) is 0.0625. The molecule has 3 rings (SSSR count). The van der Waals surface area contributed by atoms with Gasteiger partial charge in [-0.3, -0.25) is 4.79 Å². The summed E-state index contributed by atoms with van der Waals surface area (Å²) < 4.78 is 0. The van der Waals surface area contributed by atoms with Crippen molar-refractivity contribution in [1.82, 2.24) is 4.90 Å². The summed E-state index contributed by atoms with van der Waals surface area (Å²) in [4.78, 5) is 14.9. The minimum atomic E-state index is 0.739. The molecule has 3 heteroatoms. The summed E-state index contributed by atoms with van der Waals surface area (Å²) in [7, 11) is 1.98. The zero-order valence-electron chi connectivity index (χ0n) is 10.6. The lowest BCUT2D eigenvalue weighted by atomic mass is 9.98. The van der Waals surface area contributed by atoms with E-state index < -0.39 is 0 Å². The topological polar surface area (TPSA) is 20.3 Å². The molecular formula is C16H13NOS. The molecule has 1 aromatic heterocycles. The maximum atomic E-state index is 11.0. The van der Waals surface area contributed by atoms with Gasteiger partial charge in [-0.05, 0) is 11.6 Å². The highest BCUT2D eigenvalue weighted by Crippen LogP contribution is 2.40. The third-order valence-corrected chi connectivity index (χ3v) is 4.35. The second-order valence-corrected chi connectivity index (χ2v) is 5.56. The molecule has 0 amide bonds. The van der Waals surface area contributed by atoms with Gasteiger partial charge in [-0.25, -0.2) is 0 Å². The van der Waals surface area contributed by atoms with Crippen LogP contribution >= 0.6 is 11.3 Å². The quantitative estimate of drug-likeness (QED) is 0.770. The van der Waals surface area contributed by atoms with Gasteiger partial charge in [0.25, 0.3) is 0 Å². The lowest BCUT2D eigenvalue weighted by Crippen LogP contribution is -2.14. The summed E-state index contributed by atoms with van der Waals surface area (Å²) in [6.45, 7) is 4.08. The van der Waals surface area contributed by atoms with Crippen molar-refractivity contribution in [3.8, 4) is 0 Å². The molecular weight excluding hydrogens is 254 g/mol. The van der Waals surface area contributed by atoms with E-state index in [0.717, 1.165) is 38.4 Å². The van der Waals surface area contributed by atoms with Crippen LogP contribution in [0.2, 0.25) is 0 Å². The molecule has 0 saturated carbocycles. The third-order valence-electron chi connectivity index (χ3n) is 3.26. The van der Waals surface area contributed by atoms with Crippen molar-refractivity contribution in [2.24, 2.45) is 0 Å². The minimum absolute atomic E-state index is 0.739. The van der Waals surface area contributed by atoms with Gasteiger partial charge in [0, 0.05) is 35.0 Å². The largest absolute Gasteiger partial charge is 0.350 e. The standard InChI is InChI=1S/C16H13NOS/c1-11-14-8-13(10-18)19-16(14)15(9-17(11)2)12-6-4-3-5-7-12/h3-10H,1H2,2H3. The zero-order chi connectivity index (χ0) is 13.4. The Balaban J connectivity index is 2.21. The lowest BCUT2D eigenvalue weighted by Gasteiger charge is -2.25. The van der Waals surface area contributed by atoms with Crippen molar-refractivity contribution in [3.63, 3.8) is 0 Å². The Morgan fingerprint density at radius 1 is 1.26 bits per heavy atom. The van der Waals surface area contributed by atoms with Gasteiger partial charge in [-0.15, -0.1) is 11.3 Å². The van der Waals surface area contributed by atoms with Crippen molar-refractivity contribution >= 4 is 28.9 Å². The zero-order valence-corrected chi connectivity index (χ0v) is 11.4. The molecule has 0 spiro atoms. The van der Waals surface area contributed by atoms with Crippen LogP contribution in [0, 0.1) is 0 Å². The first-order valence-corrected chi connectivity index (χ1v) is 6.81. The highest BCUT2D eigenvalue weighted by molar-refractivity contribution is 7.15. The summed E-state index contributed by atoms with van der Waals surface area (Å²) in [6.07, 6.45) is 2.98. The first-order chi connectivity index (χ1) is 9.20. The number of carbonyl (C=O) groups excluding carboxylic acids is 1. The van der Waals surface area contributed by atoms with E-state index in [9.17, 15) is 4.79 Å². The maximum absolute atomic E-state index is 11.0. The molecule has 0 atom stereocenters. The number of hydrogen-bond acceptors (Lipinski definition) is 3. The fourth-order valence-electron chi connectivity index (χ4n) is 2.23. The fourth-order valence-corrected chi connectivity index (χ4v) is 3.25. The predicted molar refractivity (Wildman–Crippen MR) is 80.0 cm³/mol. The smallest absolute Gasteiger partial charge is 0.160 e. The van der Waals surface area contributed by atoms with E-state index in [0.29, 0.717) is 0 Å². The van der Waals surface area contributed by atoms with Gasteiger partial charge in [0.05, 0.1) is 4.88 Å². The van der Waals surface area contributed by atoms with Gasteiger partial charge in [0.15, 0.2) is 6.29 Å². The summed E-state index contributed by atoms with van der Waals surface area (Å²) >= 11 is 1.52.